The fourth-order valence-electron chi connectivity index (χ4n) is 3.07. The van der Waals surface area contributed by atoms with E-state index in [0.29, 0.717) is 6.54 Å². The number of benzene rings is 1. The van der Waals surface area contributed by atoms with Crippen LogP contribution in [-0.2, 0) is 13.1 Å². The summed E-state index contributed by atoms with van der Waals surface area (Å²) in [4.78, 5) is 20.7. The highest BCUT2D eigenvalue weighted by molar-refractivity contribution is 7.07. The molecule has 0 radical (unpaired) electrons. The van der Waals surface area contributed by atoms with Crippen molar-refractivity contribution >= 4 is 17.4 Å². The number of amides is 2. The number of carbonyl (C=O) groups is 1. The van der Waals surface area contributed by atoms with Gasteiger partial charge in [0.1, 0.15) is 0 Å². The molecular weight excluding hydrogens is 320 g/mol. The van der Waals surface area contributed by atoms with E-state index in [9.17, 15) is 4.79 Å². The average molecular weight is 344 g/mol. The highest BCUT2D eigenvalue weighted by atomic mass is 32.1. The van der Waals surface area contributed by atoms with Crippen LogP contribution in [0.15, 0.2) is 41.2 Å². The molecule has 2 heterocycles. The van der Waals surface area contributed by atoms with Gasteiger partial charge in [0.15, 0.2) is 0 Å². The van der Waals surface area contributed by atoms with Gasteiger partial charge in [-0.25, -0.2) is 9.78 Å². The van der Waals surface area contributed by atoms with Crippen molar-refractivity contribution in [2.45, 2.75) is 32.0 Å². The molecule has 0 spiro atoms. The topological polar surface area (TPSA) is 48.5 Å². The van der Waals surface area contributed by atoms with E-state index in [1.54, 1.807) is 21.7 Å². The largest absolute Gasteiger partial charge is 0.334 e. The lowest BCUT2D eigenvalue weighted by atomic mass is 10.0. The number of nitrogens with zero attached hydrogens (tertiary/aromatic N) is 3. The summed E-state index contributed by atoms with van der Waals surface area (Å²) >= 11 is 1.55. The van der Waals surface area contributed by atoms with Crippen molar-refractivity contribution in [2.75, 3.05) is 20.1 Å². The molecule has 1 unspecified atom stereocenters. The summed E-state index contributed by atoms with van der Waals surface area (Å²) in [7, 11) is 1.82. The third kappa shape index (κ3) is 4.79. The number of rotatable bonds is 5. The van der Waals surface area contributed by atoms with Gasteiger partial charge in [-0.15, -0.1) is 11.3 Å². The van der Waals surface area contributed by atoms with E-state index >= 15 is 0 Å². The van der Waals surface area contributed by atoms with Crippen LogP contribution in [0.4, 0.5) is 4.79 Å². The van der Waals surface area contributed by atoms with E-state index in [2.05, 4.69) is 39.5 Å². The van der Waals surface area contributed by atoms with Crippen LogP contribution >= 0.6 is 11.3 Å². The summed E-state index contributed by atoms with van der Waals surface area (Å²) in [6.07, 6.45) is 2.16. The molecule has 0 aliphatic carbocycles. The van der Waals surface area contributed by atoms with Crippen LogP contribution in [0.2, 0.25) is 0 Å². The maximum Gasteiger partial charge on any atom is 0.317 e. The summed E-state index contributed by atoms with van der Waals surface area (Å²) < 4.78 is 0. The van der Waals surface area contributed by atoms with Crippen LogP contribution in [0, 0.1) is 0 Å². The quantitative estimate of drug-likeness (QED) is 0.907. The third-order valence-electron chi connectivity index (χ3n) is 4.31. The van der Waals surface area contributed by atoms with Crippen LogP contribution in [0.5, 0.6) is 0 Å². The van der Waals surface area contributed by atoms with Crippen molar-refractivity contribution in [1.82, 2.24) is 20.1 Å². The van der Waals surface area contributed by atoms with Crippen LogP contribution in [-0.4, -0.2) is 47.0 Å². The molecule has 1 aromatic carbocycles. The van der Waals surface area contributed by atoms with Crippen molar-refractivity contribution in [3.8, 4) is 0 Å². The first kappa shape index (κ1) is 16.9. The number of hydrogen-bond acceptors (Lipinski definition) is 4. The molecule has 1 aliphatic rings. The Balaban J connectivity index is 1.48. The van der Waals surface area contributed by atoms with Crippen molar-refractivity contribution in [1.29, 1.82) is 0 Å². The number of urea groups is 1. The van der Waals surface area contributed by atoms with Gasteiger partial charge in [0.25, 0.3) is 0 Å². The summed E-state index contributed by atoms with van der Waals surface area (Å²) in [6.45, 7) is 3.50. The minimum Gasteiger partial charge on any atom is -0.334 e. The molecule has 6 heteroatoms. The number of thiazole rings is 1. The maximum atomic E-state index is 12.4. The van der Waals surface area contributed by atoms with Crippen molar-refractivity contribution < 1.29 is 4.79 Å². The van der Waals surface area contributed by atoms with Gasteiger partial charge in [-0.3, -0.25) is 4.90 Å². The zero-order valence-electron chi connectivity index (χ0n) is 14.0. The first-order valence-corrected chi connectivity index (χ1v) is 9.30. The predicted molar refractivity (Wildman–Crippen MR) is 96.9 cm³/mol. The van der Waals surface area contributed by atoms with Crippen LogP contribution in [0.25, 0.3) is 0 Å². The van der Waals surface area contributed by atoms with E-state index in [1.807, 2.05) is 18.5 Å². The second-order valence-corrected chi connectivity index (χ2v) is 7.06. The molecular formula is C18H24N4OS. The minimum absolute atomic E-state index is 0.0189. The highest BCUT2D eigenvalue weighted by Gasteiger charge is 2.22. The monoisotopic (exact) mass is 344 g/mol. The van der Waals surface area contributed by atoms with Crippen LogP contribution in [0.1, 0.15) is 24.1 Å². The smallest absolute Gasteiger partial charge is 0.317 e. The van der Waals surface area contributed by atoms with E-state index in [0.717, 1.165) is 38.2 Å². The van der Waals surface area contributed by atoms with Crippen LogP contribution < -0.4 is 5.32 Å². The summed E-state index contributed by atoms with van der Waals surface area (Å²) in [5, 5.41) is 5.15. The summed E-state index contributed by atoms with van der Waals surface area (Å²) in [5.74, 6) is 0. The standard InChI is InChI=1S/C18H24N4OS/c1-21(11-17-13-24-14-19-17)18(23)20-16-8-5-9-22(12-16)10-15-6-3-2-4-7-15/h2-4,6-7,13-14,16H,5,8-12H2,1H3,(H,20,23). The summed E-state index contributed by atoms with van der Waals surface area (Å²) in [6, 6.07) is 10.7. The molecule has 5 nitrogen and oxygen atoms in total. The van der Waals surface area contributed by atoms with Crippen molar-refractivity contribution in [3.05, 3.63) is 52.5 Å². The molecule has 24 heavy (non-hydrogen) atoms. The summed E-state index contributed by atoms with van der Waals surface area (Å²) in [5.41, 5.74) is 4.06. The average Bonchev–Trinajstić information content (AvgIpc) is 3.09. The molecule has 2 amide bonds. The Labute approximate surface area is 147 Å². The minimum atomic E-state index is -0.0189. The first-order valence-electron chi connectivity index (χ1n) is 8.35. The fourth-order valence-corrected chi connectivity index (χ4v) is 3.62. The van der Waals surface area contributed by atoms with E-state index in [4.69, 9.17) is 0 Å². The molecule has 1 atom stereocenters. The van der Waals surface area contributed by atoms with Gasteiger partial charge in [-0.05, 0) is 24.9 Å². The molecule has 1 N–H and O–H groups in total. The lowest BCUT2D eigenvalue weighted by molar-refractivity contribution is 0.167. The van der Waals surface area contributed by atoms with Gasteiger partial charge in [0, 0.05) is 31.6 Å². The SMILES string of the molecule is CN(Cc1cscn1)C(=O)NC1CCCN(Cc2ccccc2)C1. The lowest BCUT2D eigenvalue weighted by Crippen LogP contribution is -2.50. The Morgan fingerprint density at radius 3 is 3.00 bits per heavy atom. The van der Waals surface area contributed by atoms with Gasteiger partial charge in [0.2, 0.25) is 0 Å². The second kappa shape index (κ2) is 8.26. The molecule has 1 aromatic heterocycles. The Morgan fingerprint density at radius 1 is 1.42 bits per heavy atom. The molecule has 0 saturated carbocycles. The molecule has 128 valence electrons. The highest BCUT2D eigenvalue weighted by Crippen LogP contribution is 2.14. The number of likely N-dealkylation sites (tertiary alicyclic amines) is 1. The van der Waals surface area contributed by atoms with E-state index in [-0.39, 0.29) is 12.1 Å². The van der Waals surface area contributed by atoms with Crippen molar-refractivity contribution in [3.63, 3.8) is 0 Å². The van der Waals surface area contributed by atoms with Crippen LogP contribution in [0.3, 0.4) is 0 Å². The maximum absolute atomic E-state index is 12.4. The fraction of sp³-hybridized carbons (Fsp3) is 0.444. The molecule has 2 aromatic rings. The zero-order chi connectivity index (χ0) is 16.8. The second-order valence-electron chi connectivity index (χ2n) is 6.35. The Hall–Kier alpha value is -1.92. The normalized spacial score (nSPS) is 18.3. The number of nitrogens with one attached hydrogen (secondary N) is 1. The number of carbonyl (C=O) groups excluding carboxylic acids is 1. The van der Waals surface area contributed by atoms with Gasteiger partial charge in [-0.1, -0.05) is 30.3 Å². The molecule has 1 saturated heterocycles. The number of aromatic nitrogens is 1. The molecule has 0 bridgehead atoms. The lowest BCUT2D eigenvalue weighted by Gasteiger charge is -2.34. The Morgan fingerprint density at radius 2 is 2.25 bits per heavy atom. The van der Waals surface area contributed by atoms with E-state index < -0.39 is 0 Å². The molecule has 1 fully saturated rings. The van der Waals surface area contributed by atoms with Crippen molar-refractivity contribution in [2.24, 2.45) is 0 Å². The first-order chi connectivity index (χ1) is 11.7. The molecule has 3 rings (SSSR count). The van der Waals surface area contributed by atoms with Gasteiger partial charge in [0.05, 0.1) is 17.7 Å². The van der Waals surface area contributed by atoms with Gasteiger partial charge >= 0.3 is 6.03 Å². The number of piperidine rings is 1. The third-order valence-corrected chi connectivity index (χ3v) is 4.95. The van der Waals surface area contributed by atoms with Gasteiger partial charge in [-0.2, -0.15) is 0 Å². The zero-order valence-corrected chi connectivity index (χ0v) is 14.8. The van der Waals surface area contributed by atoms with Gasteiger partial charge < -0.3 is 10.2 Å². The predicted octanol–water partition coefficient (Wildman–Crippen LogP) is 2.95. The van der Waals surface area contributed by atoms with E-state index in [1.165, 1.54) is 5.56 Å². The Bertz CT molecular complexity index is 632. The molecule has 1 aliphatic heterocycles. The number of hydrogen-bond donors (Lipinski definition) is 1. The Kier molecular flexibility index (Phi) is 5.82.